The SMILES string of the molecule is CC(=Cc1cccnc1)[C@H](CCI)O[Si](c1ccccc1)(c1ccccc1)C(C)(C)C. The number of rotatable bonds is 8. The highest BCUT2D eigenvalue weighted by Crippen LogP contribution is 2.38. The zero-order valence-electron chi connectivity index (χ0n) is 18.9. The van der Waals surface area contributed by atoms with Gasteiger partial charge < -0.3 is 4.43 Å². The van der Waals surface area contributed by atoms with Crippen molar-refractivity contribution in [3.8, 4) is 0 Å². The Balaban J connectivity index is 2.15. The molecule has 0 amide bonds. The van der Waals surface area contributed by atoms with Crippen LogP contribution in [-0.2, 0) is 4.43 Å². The first-order chi connectivity index (χ1) is 14.9. The number of hydrogen-bond acceptors (Lipinski definition) is 2. The van der Waals surface area contributed by atoms with Gasteiger partial charge in [0, 0.05) is 16.8 Å². The quantitative estimate of drug-likeness (QED) is 0.191. The van der Waals surface area contributed by atoms with Gasteiger partial charge in [-0.15, -0.1) is 0 Å². The highest BCUT2D eigenvalue weighted by Gasteiger charge is 2.51. The highest BCUT2D eigenvalue weighted by atomic mass is 127. The summed E-state index contributed by atoms with van der Waals surface area (Å²) in [5, 5.41) is 2.61. The van der Waals surface area contributed by atoms with E-state index >= 15 is 0 Å². The Labute approximate surface area is 202 Å². The van der Waals surface area contributed by atoms with Crippen LogP contribution in [0.4, 0.5) is 0 Å². The topological polar surface area (TPSA) is 22.1 Å². The second-order valence-electron chi connectivity index (χ2n) is 8.92. The van der Waals surface area contributed by atoms with Crippen LogP contribution < -0.4 is 10.4 Å². The van der Waals surface area contributed by atoms with Crippen LogP contribution in [0, 0.1) is 0 Å². The first-order valence-corrected chi connectivity index (χ1v) is 14.2. The molecular weight excluding hydrogens is 509 g/mol. The van der Waals surface area contributed by atoms with Gasteiger partial charge in [-0.25, -0.2) is 0 Å². The number of pyridine rings is 1. The lowest BCUT2D eigenvalue weighted by Gasteiger charge is -2.45. The maximum atomic E-state index is 7.39. The molecule has 4 heteroatoms. The minimum Gasteiger partial charge on any atom is -0.401 e. The van der Waals surface area contributed by atoms with Gasteiger partial charge in [-0.05, 0) is 46.0 Å². The number of halogens is 1. The predicted molar refractivity (Wildman–Crippen MR) is 144 cm³/mol. The lowest BCUT2D eigenvalue weighted by atomic mass is 10.1. The van der Waals surface area contributed by atoms with Gasteiger partial charge in [-0.2, -0.15) is 0 Å². The Morgan fingerprint density at radius 3 is 2.00 bits per heavy atom. The molecule has 0 aliphatic heterocycles. The number of hydrogen-bond donors (Lipinski definition) is 0. The standard InChI is InChI=1S/C27H32INOSi/c1-22(20-23-12-11-19-29-21-23)26(17-18-28)30-31(27(2,3)4,24-13-7-5-8-14-24)25-15-9-6-10-16-25/h5-16,19-21,26H,17-18H2,1-4H3/t26-/m0/s1. The van der Waals surface area contributed by atoms with E-state index in [2.05, 4.69) is 128 Å². The molecule has 2 nitrogen and oxygen atoms in total. The van der Waals surface area contributed by atoms with Crippen LogP contribution in [0.3, 0.4) is 0 Å². The summed E-state index contributed by atoms with van der Waals surface area (Å²) < 4.78 is 8.44. The van der Waals surface area contributed by atoms with E-state index in [-0.39, 0.29) is 11.1 Å². The lowest BCUT2D eigenvalue weighted by Crippen LogP contribution is -2.67. The average Bonchev–Trinajstić information content (AvgIpc) is 2.77. The summed E-state index contributed by atoms with van der Waals surface area (Å²) in [6.07, 6.45) is 6.97. The molecule has 0 fully saturated rings. The zero-order chi connectivity index (χ0) is 22.3. The first kappa shape index (κ1) is 23.9. The normalized spacial score (nSPS) is 13.8. The molecule has 0 saturated carbocycles. The summed E-state index contributed by atoms with van der Waals surface area (Å²) in [4.78, 5) is 4.27. The minimum atomic E-state index is -2.59. The Hall–Kier alpha value is -1.76. The smallest absolute Gasteiger partial charge is 0.261 e. The summed E-state index contributed by atoms with van der Waals surface area (Å²) in [5.41, 5.74) is 2.36. The van der Waals surface area contributed by atoms with Crippen molar-refractivity contribution in [2.45, 2.75) is 45.3 Å². The van der Waals surface area contributed by atoms with E-state index < -0.39 is 8.32 Å². The summed E-state index contributed by atoms with van der Waals surface area (Å²) in [7, 11) is -2.59. The molecule has 0 N–H and O–H groups in total. The fraction of sp³-hybridized carbons (Fsp3) is 0.296. The van der Waals surface area contributed by atoms with Gasteiger partial charge >= 0.3 is 0 Å². The molecule has 0 radical (unpaired) electrons. The summed E-state index contributed by atoms with van der Waals surface area (Å²) in [6, 6.07) is 25.8. The lowest BCUT2D eigenvalue weighted by molar-refractivity contribution is 0.220. The third-order valence-electron chi connectivity index (χ3n) is 5.69. The van der Waals surface area contributed by atoms with Crippen LogP contribution in [-0.4, -0.2) is 23.8 Å². The molecule has 1 aromatic heterocycles. The van der Waals surface area contributed by atoms with Gasteiger partial charge in [0.1, 0.15) is 0 Å². The molecule has 31 heavy (non-hydrogen) atoms. The van der Waals surface area contributed by atoms with E-state index in [1.165, 1.54) is 15.9 Å². The molecule has 0 aliphatic rings. The van der Waals surface area contributed by atoms with E-state index in [4.69, 9.17) is 4.43 Å². The Kier molecular flexibility index (Phi) is 8.25. The van der Waals surface area contributed by atoms with Gasteiger partial charge in [-0.1, -0.05) is 116 Å². The van der Waals surface area contributed by atoms with Gasteiger partial charge in [-0.3, -0.25) is 4.98 Å². The van der Waals surface area contributed by atoms with E-state index in [9.17, 15) is 0 Å². The van der Waals surface area contributed by atoms with Crippen molar-refractivity contribution in [3.63, 3.8) is 0 Å². The number of nitrogens with zero attached hydrogens (tertiary/aromatic N) is 1. The van der Waals surface area contributed by atoms with Crippen molar-refractivity contribution >= 4 is 47.4 Å². The van der Waals surface area contributed by atoms with Gasteiger partial charge in [0.15, 0.2) is 0 Å². The second-order valence-corrected chi connectivity index (χ2v) is 14.3. The van der Waals surface area contributed by atoms with Crippen molar-refractivity contribution in [1.29, 1.82) is 0 Å². The maximum Gasteiger partial charge on any atom is 0.261 e. The Bertz CT molecular complexity index is 929. The van der Waals surface area contributed by atoms with Gasteiger partial charge in [0.2, 0.25) is 0 Å². The molecule has 0 aliphatic carbocycles. The predicted octanol–water partition coefficient (Wildman–Crippen LogP) is 6.26. The van der Waals surface area contributed by atoms with Crippen LogP contribution in [0.2, 0.25) is 5.04 Å². The van der Waals surface area contributed by atoms with Crippen molar-refractivity contribution in [2.75, 3.05) is 4.43 Å². The molecule has 0 bridgehead atoms. The number of alkyl halides is 1. The summed E-state index contributed by atoms with van der Waals surface area (Å²) in [5.74, 6) is 0. The largest absolute Gasteiger partial charge is 0.401 e. The van der Waals surface area contributed by atoms with Crippen molar-refractivity contribution in [2.24, 2.45) is 0 Å². The number of aromatic nitrogens is 1. The van der Waals surface area contributed by atoms with E-state index in [0.29, 0.717) is 0 Å². The fourth-order valence-electron chi connectivity index (χ4n) is 4.20. The van der Waals surface area contributed by atoms with Crippen LogP contribution >= 0.6 is 22.6 Å². The molecule has 3 aromatic rings. The Morgan fingerprint density at radius 2 is 1.55 bits per heavy atom. The zero-order valence-corrected chi connectivity index (χ0v) is 22.0. The van der Waals surface area contributed by atoms with Crippen LogP contribution in [0.15, 0.2) is 90.8 Å². The maximum absolute atomic E-state index is 7.39. The van der Waals surface area contributed by atoms with Gasteiger partial charge in [0.25, 0.3) is 8.32 Å². The van der Waals surface area contributed by atoms with Crippen molar-refractivity contribution in [1.82, 2.24) is 4.98 Å². The molecule has 2 aromatic carbocycles. The molecular formula is C27H32INOSi. The molecule has 1 atom stereocenters. The first-order valence-electron chi connectivity index (χ1n) is 10.8. The van der Waals surface area contributed by atoms with E-state index in [1.54, 1.807) is 0 Å². The molecule has 0 unspecified atom stereocenters. The molecule has 0 saturated heterocycles. The Morgan fingerprint density at radius 1 is 0.968 bits per heavy atom. The third-order valence-corrected chi connectivity index (χ3v) is 11.4. The van der Waals surface area contributed by atoms with Gasteiger partial charge in [0.05, 0.1) is 6.10 Å². The third kappa shape index (κ3) is 5.54. The van der Waals surface area contributed by atoms with Crippen LogP contribution in [0.25, 0.3) is 6.08 Å². The summed E-state index contributed by atoms with van der Waals surface area (Å²) in [6.45, 7) is 9.20. The molecule has 0 spiro atoms. The van der Waals surface area contributed by atoms with Crippen LogP contribution in [0.1, 0.15) is 39.7 Å². The van der Waals surface area contributed by atoms with Crippen molar-refractivity contribution < 1.29 is 4.43 Å². The molecule has 3 rings (SSSR count). The van der Waals surface area contributed by atoms with E-state index in [1.807, 2.05) is 18.5 Å². The molecule has 162 valence electrons. The van der Waals surface area contributed by atoms with Crippen LogP contribution in [0.5, 0.6) is 0 Å². The van der Waals surface area contributed by atoms with Crippen molar-refractivity contribution in [3.05, 3.63) is 96.3 Å². The highest BCUT2D eigenvalue weighted by molar-refractivity contribution is 14.1. The summed E-state index contributed by atoms with van der Waals surface area (Å²) >= 11 is 2.46. The average molecular weight is 542 g/mol. The number of benzene rings is 2. The van der Waals surface area contributed by atoms with E-state index in [0.717, 1.165) is 16.4 Å². The minimum absolute atomic E-state index is 0.0339. The molecule has 1 heterocycles. The monoisotopic (exact) mass is 541 g/mol. The fourth-order valence-corrected chi connectivity index (χ4v) is 9.51. The second kappa shape index (κ2) is 10.7.